The molecule has 684 valence electrons. The number of rotatable bonds is 16. The lowest BCUT2D eigenvalue weighted by Gasteiger charge is -2.25. The van der Waals surface area contributed by atoms with Crippen LogP contribution in [-0.2, 0) is 19.2 Å². The Kier molecular flexibility index (Phi) is 23.9. The molecule has 0 spiro atoms. The maximum Gasteiger partial charge on any atom is 0.306 e. The summed E-state index contributed by atoms with van der Waals surface area (Å²) >= 11 is 14.2. The number of thiophene rings is 1. The zero-order valence-corrected chi connectivity index (χ0v) is 76.3. The zero-order valence-electron chi connectivity index (χ0n) is 74.0. The van der Waals surface area contributed by atoms with Gasteiger partial charge in [-0.15, -0.1) is 11.3 Å². The Balaban J connectivity index is 0.000000112. The Hall–Kier alpha value is -14.9. The number of nitrogens with one attached hydrogen (secondary N) is 4. The molecule has 16 N–H and O–H groups in total. The van der Waals surface area contributed by atoms with Crippen LogP contribution in [0.4, 0.5) is 23.3 Å². The molecule has 0 unspecified atom stereocenters. The molecule has 0 radical (unpaired) electrons. The number of H-pyrrole nitrogens is 4. The first-order valence-corrected chi connectivity index (χ1v) is 47.1. The predicted octanol–water partition coefficient (Wildman–Crippen LogP) is 21.3. The van der Waals surface area contributed by atoms with E-state index in [1.165, 1.54) is 47.0 Å². The summed E-state index contributed by atoms with van der Waals surface area (Å²) in [6.07, 6.45) is 19.1. The van der Waals surface area contributed by atoms with E-state index in [0.717, 1.165) is 184 Å². The molecule has 31 nitrogen and oxygen atoms in total. The molecule has 13 aromatic heterocycles. The molecule has 6 aromatic carbocycles. The van der Waals surface area contributed by atoms with Crippen molar-refractivity contribution in [3.63, 3.8) is 0 Å². The number of nitrogen functional groups attached to an aromatic ring is 4. The van der Waals surface area contributed by atoms with Crippen molar-refractivity contribution in [1.29, 1.82) is 0 Å². The fourth-order valence-corrected chi connectivity index (χ4v) is 21.7. The molecule has 135 heavy (non-hydrogen) atoms. The maximum absolute atomic E-state index is 11.4. The van der Waals surface area contributed by atoms with E-state index in [1.54, 1.807) is 19.7 Å². The second-order valence-corrected chi connectivity index (χ2v) is 38.1. The number of aromatic nitrogens is 19. The Bertz CT molecular complexity index is 7800. The van der Waals surface area contributed by atoms with Crippen LogP contribution in [0.1, 0.15) is 181 Å². The normalized spacial score (nSPS) is 18.7. The van der Waals surface area contributed by atoms with Gasteiger partial charge in [0, 0.05) is 95.3 Å². The van der Waals surface area contributed by atoms with Gasteiger partial charge >= 0.3 is 23.9 Å². The van der Waals surface area contributed by atoms with Gasteiger partial charge in [0.1, 0.15) is 92.9 Å². The van der Waals surface area contributed by atoms with E-state index in [1.807, 2.05) is 77.3 Å². The van der Waals surface area contributed by atoms with Crippen LogP contribution in [0.15, 0.2) is 189 Å². The third kappa shape index (κ3) is 16.9. The van der Waals surface area contributed by atoms with Crippen molar-refractivity contribution in [2.45, 2.75) is 153 Å². The molecule has 4 aliphatic rings. The van der Waals surface area contributed by atoms with E-state index >= 15 is 0 Å². The number of aryl methyl sites for hydroxylation is 1. The first kappa shape index (κ1) is 88.1. The minimum absolute atomic E-state index is 0.101. The molecule has 13 heterocycles. The number of fused-ring (bicyclic) bond motifs is 8. The van der Waals surface area contributed by atoms with Crippen molar-refractivity contribution in [2.24, 2.45) is 23.7 Å². The van der Waals surface area contributed by atoms with Gasteiger partial charge in [-0.3, -0.25) is 23.6 Å². The summed E-state index contributed by atoms with van der Waals surface area (Å²) in [7, 11) is 0. The summed E-state index contributed by atoms with van der Waals surface area (Å²) < 4.78 is 8.11. The number of benzene rings is 6. The molecule has 0 bridgehead atoms. The highest BCUT2D eigenvalue weighted by atomic mass is 35.5. The Labute approximate surface area is 785 Å². The number of aromatic amines is 4. The third-order valence-electron chi connectivity index (χ3n) is 27.6. The number of nitrogens with two attached hydrogens (primary N) is 4. The second kappa shape index (κ2) is 36.6. The summed E-state index contributed by atoms with van der Waals surface area (Å²) in [5.41, 5.74) is 46.2. The summed E-state index contributed by atoms with van der Waals surface area (Å²) in [5, 5.41) is 55.8. The van der Waals surface area contributed by atoms with Gasteiger partial charge in [0.15, 0.2) is 17.5 Å². The highest BCUT2D eigenvalue weighted by molar-refractivity contribution is 7.19. The molecule has 0 atom stereocenters. The van der Waals surface area contributed by atoms with Crippen molar-refractivity contribution < 1.29 is 39.6 Å². The number of aliphatic carboxylic acids is 4. The van der Waals surface area contributed by atoms with Crippen LogP contribution in [0.3, 0.4) is 0 Å². The van der Waals surface area contributed by atoms with Crippen LogP contribution in [0, 0.1) is 30.6 Å². The number of nitrogens with zero attached hydrogens (tertiary/aromatic N) is 15. The zero-order chi connectivity index (χ0) is 93.3. The quantitative estimate of drug-likeness (QED) is 0.0427. The fraction of sp³-hybridized carbons (Fsp3) is 0.277. The molecule has 0 amide bonds. The summed E-state index contributed by atoms with van der Waals surface area (Å²) in [6, 6.07) is 53.4. The molecular formula is C101H97Cl2N23O8S. The van der Waals surface area contributed by atoms with E-state index in [2.05, 4.69) is 167 Å². The van der Waals surface area contributed by atoms with Crippen LogP contribution >= 0.6 is 34.5 Å². The SMILES string of the molecule is CC(C)c1cccc(-c2cccc3cc(-c4nc(C5CCC(C(=O)O)CC5)n5ncnc(N)c45)[nH]c23)c1.Cc1cccc2cc(-c3nc(C4CCC(C(=O)O)CC4)n4ccnc(N)c34)[nH]c12.Nc1ncnn2c(C3CCC(C(=O)O)CC3)nc(-c3cc4cccc(-c5ccc(Cl)s5)c4[nH]3)c12.Nc1ncnn2c(C3CCC(C(=O)O)CC3)nc(-c3cc4cccc(-c5ccccc5Cl)c4[nH]3)c12. The summed E-state index contributed by atoms with van der Waals surface area (Å²) in [5.74, 6) is 1.83. The molecule has 0 aliphatic heterocycles. The monoisotopic (exact) mass is 1860 g/mol. The minimum atomic E-state index is -0.726. The van der Waals surface area contributed by atoms with Crippen LogP contribution in [0.5, 0.6) is 0 Å². The van der Waals surface area contributed by atoms with E-state index in [0.29, 0.717) is 119 Å². The van der Waals surface area contributed by atoms with Gasteiger partial charge in [-0.25, -0.2) is 53.4 Å². The standard InChI is InChI=1S/C29H30N6O2.C26H23ClN6O2.C24H21ClN6O2S.C22H23N5O2/c1-16(2)19-5-3-6-20(13-19)22-8-4-7-21-14-23(33-24(21)22)25-26-27(30)31-15-32-35(26)28(34-25)17-9-11-18(12-10-17)29(36)37;27-19-7-2-1-5-17(19)18-6-3-4-16-12-20(31-21(16)18)22-23-24(28)29-13-30-33(23)25(32-22)14-8-10-15(11-9-14)26(34)35;25-18-9-8-17(34-18)15-3-1-2-14-10-16(29-19(14)15)20-21-22(26)27-11-28-31(21)23(30-20)12-4-6-13(7-5-12)24(32)33;1-12-3-2-4-15-11-16(25-17(12)15)18-19-20(23)24-9-10-27(19)21(26-18)13-5-7-14(8-6-13)22(28)29/h3-8,13-18,33H,9-12H2,1-2H3,(H,36,37)(H2,30,31,32);1-7,12-15,31H,8-11H2,(H,34,35)(H2,28,29,30);1-3,8-13,29H,4-7H2,(H,32,33)(H2,26,27,28);2-4,9-11,13-14,25H,5-8H2,1H3,(H2,23,24)(H,28,29). The molecular weight excluding hydrogens is 1770 g/mol. The molecule has 23 rings (SSSR count). The number of para-hydroxylation sites is 4. The average molecular weight is 1860 g/mol. The number of carboxylic acids is 4. The number of anilines is 4. The topological polar surface area (TPSA) is 476 Å². The van der Waals surface area contributed by atoms with Gasteiger partial charge in [-0.1, -0.05) is 152 Å². The Morgan fingerprint density at radius 2 is 0.756 bits per heavy atom. The first-order chi connectivity index (χ1) is 65.4. The summed E-state index contributed by atoms with van der Waals surface area (Å²) in [4.78, 5) is 97.9. The lowest BCUT2D eigenvalue weighted by Crippen LogP contribution is -2.21. The van der Waals surface area contributed by atoms with Crippen LogP contribution in [0.25, 0.3) is 144 Å². The van der Waals surface area contributed by atoms with E-state index in [4.69, 9.17) is 66.1 Å². The number of carbonyl (C=O) groups is 4. The van der Waals surface area contributed by atoms with Crippen molar-refractivity contribution in [1.82, 2.24) is 93.1 Å². The minimum Gasteiger partial charge on any atom is -0.481 e. The first-order valence-electron chi connectivity index (χ1n) is 45.5. The Morgan fingerprint density at radius 3 is 1.18 bits per heavy atom. The van der Waals surface area contributed by atoms with Crippen LogP contribution < -0.4 is 22.9 Å². The molecule has 4 aliphatic carbocycles. The number of halogens is 2. The third-order valence-corrected chi connectivity index (χ3v) is 29.1. The maximum atomic E-state index is 11.4. The van der Waals surface area contributed by atoms with E-state index in [-0.39, 0.29) is 47.3 Å². The predicted molar refractivity (Wildman–Crippen MR) is 525 cm³/mol. The van der Waals surface area contributed by atoms with Gasteiger partial charge in [0.05, 0.1) is 67.3 Å². The number of imidazole rings is 4. The van der Waals surface area contributed by atoms with Crippen LogP contribution in [0.2, 0.25) is 9.36 Å². The Morgan fingerprint density at radius 1 is 0.393 bits per heavy atom. The highest BCUT2D eigenvalue weighted by Gasteiger charge is 2.37. The van der Waals surface area contributed by atoms with Crippen molar-refractivity contribution >= 4 is 147 Å². The van der Waals surface area contributed by atoms with E-state index < -0.39 is 23.9 Å². The largest absolute Gasteiger partial charge is 0.481 e. The second-order valence-electron chi connectivity index (χ2n) is 36.0. The fourth-order valence-electron chi connectivity index (χ4n) is 20.4. The lowest BCUT2D eigenvalue weighted by molar-refractivity contribution is -0.143. The van der Waals surface area contributed by atoms with Crippen molar-refractivity contribution in [3.8, 4) is 78.2 Å². The number of carboxylic acid groups (broad SMARTS) is 4. The number of hydrogen-bond donors (Lipinski definition) is 12. The van der Waals surface area contributed by atoms with E-state index in [9.17, 15) is 39.6 Å². The van der Waals surface area contributed by atoms with Gasteiger partial charge in [0.2, 0.25) is 0 Å². The number of hydrogen-bond acceptors (Lipinski definition) is 20. The van der Waals surface area contributed by atoms with Gasteiger partial charge in [-0.05, 0) is 175 Å². The average Bonchev–Trinajstić information content (AvgIpc) is 1.61. The van der Waals surface area contributed by atoms with Gasteiger partial charge in [-0.2, -0.15) is 15.3 Å². The summed E-state index contributed by atoms with van der Waals surface area (Å²) in [6.45, 7) is 6.49. The van der Waals surface area contributed by atoms with Crippen molar-refractivity contribution in [3.05, 3.63) is 233 Å². The highest BCUT2D eigenvalue weighted by Crippen LogP contribution is 2.47. The molecule has 4 saturated carbocycles. The molecule has 4 fully saturated rings. The van der Waals surface area contributed by atoms with Crippen molar-refractivity contribution in [2.75, 3.05) is 22.9 Å². The van der Waals surface area contributed by atoms with Crippen LogP contribution in [-0.4, -0.2) is 137 Å². The molecule has 0 saturated heterocycles. The molecule has 19 aromatic rings. The van der Waals surface area contributed by atoms with Gasteiger partial charge < -0.3 is 63.3 Å². The molecule has 34 heteroatoms. The lowest BCUT2D eigenvalue weighted by atomic mass is 9.81. The van der Waals surface area contributed by atoms with Gasteiger partial charge in [0.25, 0.3) is 0 Å². The smallest absolute Gasteiger partial charge is 0.306 e.